The van der Waals surface area contributed by atoms with Crippen LogP contribution in [0.4, 0.5) is 5.69 Å². The van der Waals surface area contributed by atoms with Crippen LogP contribution in [-0.2, 0) is 6.42 Å². The van der Waals surface area contributed by atoms with Crippen molar-refractivity contribution in [1.82, 2.24) is 10.3 Å². The molecule has 0 saturated carbocycles. The third-order valence-electron chi connectivity index (χ3n) is 4.56. The van der Waals surface area contributed by atoms with Gasteiger partial charge in [0.1, 0.15) is 11.0 Å². The van der Waals surface area contributed by atoms with Crippen LogP contribution in [0.3, 0.4) is 0 Å². The number of aryl methyl sites for hydroxylation is 1. The normalized spacial score (nSPS) is 16.1. The molecule has 2 heterocycles. The molecule has 1 aliphatic rings. The van der Waals surface area contributed by atoms with Gasteiger partial charge in [-0.1, -0.05) is 30.3 Å². The van der Waals surface area contributed by atoms with E-state index in [1.165, 1.54) is 16.9 Å². The van der Waals surface area contributed by atoms with Crippen molar-refractivity contribution in [2.45, 2.75) is 25.1 Å². The van der Waals surface area contributed by atoms with Crippen LogP contribution < -0.4 is 10.2 Å². The molecule has 2 unspecified atom stereocenters. The van der Waals surface area contributed by atoms with Crippen molar-refractivity contribution >= 4 is 27.2 Å². The van der Waals surface area contributed by atoms with Gasteiger partial charge in [-0.3, -0.25) is 0 Å². The Morgan fingerprint density at radius 2 is 2.00 bits per heavy atom. The first-order valence-electron chi connectivity index (χ1n) is 8.30. The lowest BCUT2D eigenvalue weighted by Gasteiger charge is -2.37. The summed E-state index contributed by atoms with van der Waals surface area (Å²) in [6, 6.07) is 15.4. The maximum absolute atomic E-state index is 11.1. The lowest BCUT2D eigenvalue weighted by Crippen LogP contribution is -2.46. The van der Waals surface area contributed by atoms with E-state index in [-0.39, 0.29) is 0 Å². The summed E-state index contributed by atoms with van der Waals surface area (Å²) in [5.74, 6) is 0. The van der Waals surface area contributed by atoms with E-state index in [9.17, 15) is 10.4 Å². The number of nitriles is 1. The van der Waals surface area contributed by atoms with Gasteiger partial charge in [-0.25, -0.2) is 4.98 Å². The van der Waals surface area contributed by atoms with Crippen molar-refractivity contribution < 1.29 is 5.11 Å². The molecular weight excluding hydrogens is 332 g/mol. The maximum Gasteiger partial charge on any atom is 0.177 e. The number of aliphatic hydroxyl groups excluding tert-OH is 1. The van der Waals surface area contributed by atoms with Gasteiger partial charge in [0, 0.05) is 12.2 Å². The lowest BCUT2D eigenvalue weighted by atomic mass is 10.0. The molecule has 0 bridgehead atoms. The average Bonchev–Trinajstić information content (AvgIpc) is 3.09. The van der Waals surface area contributed by atoms with Gasteiger partial charge < -0.3 is 15.3 Å². The molecule has 5 nitrogen and oxygen atoms in total. The minimum absolute atomic E-state index is 0.562. The molecule has 2 atom stereocenters. The lowest BCUT2D eigenvalue weighted by molar-refractivity contribution is 0.127. The SMILES string of the molecule is N#CNC(c1nc2ccccc2s1)C(O)N1CCCc2ccccc21. The molecule has 3 aromatic rings. The molecule has 4 rings (SSSR count). The summed E-state index contributed by atoms with van der Waals surface area (Å²) >= 11 is 1.51. The minimum atomic E-state index is -0.860. The minimum Gasteiger partial charge on any atom is -0.371 e. The fraction of sp³-hybridized carbons (Fsp3) is 0.263. The zero-order chi connectivity index (χ0) is 17.2. The number of nitrogens with zero attached hydrogens (tertiary/aromatic N) is 3. The number of rotatable bonds is 4. The van der Waals surface area contributed by atoms with Gasteiger partial charge >= 0.3 is 0 Å². The van der Waals surface area contributed by atoms with Gasteiger partial charge in [-0.2, -0.15) is 5.26 Å². The van der Waals surface area contributed by atoms with Crippen molar-refractivity contribution in [3.8, 4) is 6.19 Å². The summed E-state index contributed by atoms with van der Waals surface area (Å²) in [6.07, 6.45) is 3.12. The standard InChI is InChI=1S/C19H18N4OS/c20-12-21-17(18-22-14-8-2-4-10-16(14)25-18)19(24)23-11-5-7-13-6-1-3-9-15(13)23/h1-4,6,8-10,17,19,21,24H,5,7,11H2. The highest BCUT2D eigenvalue weighted by Crippen LogP contribution is 2.34. The Hall–Kier alpha value is -2.62. The smallest absolute Gasteiger partial charge is 0.177 e. The monoisotopic (exact) mass is 350 g/mol. The van der Waals surface area contributed by atoms with E-state index in [1.54, 1.807) is 0 Å². The van der Waals surface area contributed by atoms with Crippen LogP contribution in [0.25, 0.3) is 10.2 Å². The Labute approximate surface area is 150 Å². The second kappa shape index (κ2) is 6.71. The van der Waals surface area contributed by atoms with Crippen LogP contribution >= 0.6 is 11.3 Å². The zero-order valence-corrected chi connectivity index (χ0v) is 14.4. The molecule has 0 fully saturated rings. The molecule has 6 heteroatoms. The van der Waals surface area contributed by atoms with E-state index in [0.717, 1.165) is 40.3 Å². The molecule has 0 radical (unpaired) electrons. The molecule has 1 aliphatic heterocycles. The number of hydrogen-bond donors (Lipinski definition) is 2. The summed E-state index contributed by atoms with van der Waals surface area (Å²) < 4.78 is 1.05. The van der Waals surface area contributed by atoms with Gasteiger partial charge in [-0.15, -0.1) is 11.3 Å². The fourth-order valence-corrected chi connectivity index (χ4v) is 4.42. The zero-order valence-electron chi connectivity index (χ0n) is 13.6. The van der Waals surface area contributed by atoms with E-state index < -0.39 is 12.3 Å². The summed E-state index contributed by atoms with van der Waals surface area (Å²) in [4.78, 5) is 6.59. The van der Waals surface area contributed by atoms with Crippen LogP contribution in [0, 0.1) is 11.5 Å². The number of fused-ring (bicyclic) bond motifs is 2. The van der Waals surface area contributed by atoms with E-state index >= 15 is 0 Å². The molecule has 2 N–H and O–H groups in total. The van der Waals surface area contributed by atoms with Crippen LogP contribution in [0.2, 0.25) is 0 Å². The van der Waals surface area contributed by atoms with Gasteiger partial charge in [-0.05, 0) is 36.6 Å². The first-order valence-corrected chi connectivity index (χ1v) is 9.12. The molecule has 0 spiro atoms. The Kier molecular flexibility index (Phi) is 4.26. The largest absolute Gasteiger partial charge is 0.371 e. The molecule has 1 aromatic heterocycles. The number of aliphatic hydroxyl groups is 1. The van der Waals surface area contributed by atoms with Crippen LogP contribution in [0.5, 0.6) is 0 Å². The van der Waals surface area contributed by atoms with Crippen LogP contribution in [0.1, 0.15) is 23.0 Å². The number of benzene rings is 2. The number of nitrogens with one attached hydrogen (secondary N) is 1. The topological polar surface area (TPSA) is 72.2 Å². The second-order valence-corrected chi connectivity index (χ2v) is 7.16. The fourth-order valence-electron chi connectivity index (χ4n) is 3.37. The summed E-state index contributed by atoms with van der Waals surface area (Å²) in [6.45, 7) is 0.757. The Morgan fingerprint density at radius 1 is 1.20 bits per heavy atom. The highest BCUT2D eigenvalue weighted by Gasteiger charge is 2.32. The summed E-state index contributed by atoms with van der Waals surface area (Å²) in [5.41, 5.74) is 3.15. The van der Waals surface area contributed by atoms with Gasteiger partial charge in [0.2, 0.25) is 0 Å². The molecule has 0 amide bonds. The van der Waals surface area contributed by atoms with Crippen molar-refractivity contribution in [1.29, 1.82) is 5.26 Å². The third-order valence-corrected chi connectivity index (χ3v) is 5.68. The van der Waals surface area contributed by atoms with Crippen molar-refractivity contribution in [3.63, 3.8) is 0 Å². The number of aromatic nitrogens is 1. The number of thiazole rings is 1. The first-order chi connectivity index (χ1) is 12.3. The van der Waals surface area contributed by atoms with E-state index in [4.69, 9.17) is 0 Å². The molecule has 0 saturated heterocycles. The van der Waals surface area contributed by atoms with Gasteiger partial charge in [0.25, 0.3) is 0 Å². The molecule has 25 heavy (non-hydrogen) atoms. The van der Waals surface area contributed by atoms with E-state index in [2.05, 4.69) is 16.4 Å². The third kappa shape index (κ3) is 2.93. The maximum atomic E-state index is 11.1. The highest BCUT2D eigenvalue weighted by atomic mass is 32.1. The van der Waals surface area contributed by atoms with Gasteiger partial charge in [0.05, 0.1) is 10.2 Å². The average molecular weight is 350 g/mol. The van der Waals surface area contributed by atoms with Crippen LogP contribution in [-0.4, -0.2) is 22.9 Å². The molecule has 126 valence electrons. The second-order valence-electron chi connectivity index (χ2n) is 6.09. The van der Waals surface area contributed by atoms with E-state index in [1.807, 2.05) is 53.6 Å². The Balaban J connectivity index is 1.70. The quantitative estimate of drug-likeness (QED) is 0.558. The van der Waals surface area contributed by atoms with Crippen LogP contribution in [0.15, 0.2) is 48.5 Å². The summed E-state index contributed by atoms with van der Waals surface area (Å²) in [7, 11) is 0. The highest BCUT2D eigenvalue weighted by molar-refractivity contribution is 7.18. The molecule has 2 aromatic carbocycles. The van der Waals surface area contributed by atoms with Crippen molar-refractivity contribution in [2.24, 2.45) is 0 Å². The number of anilines is 1. The van der Waals surface area contributed by atoms with E-state index in [0.29, 0.717) is 0 Å². The predicted octanol–water partition coefficient (Wildman–Crippen LogP) is 3.18. The number of hydrogen-bond acceptors (Lipinski definition) is 6. The Bertz CT molecular complexity index is 899. The molecular formula is C19H18N4OS. The van der Waals surface area contributed by atoms with Gasteiger partial charge in [0.15, 0.2) is 12.4 Å². The predicted molar refractivity (Wildman–Crippen MR) is 99.2 cm³/mol. The van der Waals surface area contributed by atoms with Crippen molar-refractivity contribution in [2.75, 3.05) is 11.4 Å². The number of para-hydroxylation sites is 2. The first kappa shape index (κ1) is 15.9. The van der Waals surface area contributed by atoms with Crippen molar-refractivity contribution in [3.05, 3.63) is 59.1 Å². The Morgan fingerprint density at radius 3 is 2.84 bits per heavy atom. The summed E-state index contributed by atoms with van der Waals surface area (Å²) in [5, 5.41) is 23.7. The molecule has 0 aliphatic carbocycles.